The predicted molar refractivity (Wildman–Crippen MR) is 107 cm³/mol. The molecule has 0 saturated carbocycles. The van der Waals surface area contributed by atoms with Crippen molar-refractivity contribution < 1.29 is 0 Å². The minimum atomic E-state index is 0. The van der Waals surface area contributed by atoms with E-state index < -0.39 is 0 Å². The van der Waals surface area contributed by atoms with Gasteiger partial charge in [0.2, 0.25) is 0 Å². The van der Waals surface area contributed by atoms with E-state index in [1.807, 2.05) is 7.05 Å². The monoisotopic (exact) mass is 429 g/mol. The van der Waals surface area contributed by atoms with Crippen molar-refractivity contribution in [3.63, 3.8) is 0 Å². The van der Waals surface area contributed by atoms with Gasteiger partial charge in [0.1, 0.15) is 0 Å². The Labute approximate surface area is 154 Å². The lowest BCUT2D eigenvalue weighted by Crippen LogP contribution is -2.39. The molecule has 2 rings (SSSR count). The molecule has 1 aromatic heterocycles. The van der Waals surface area contributed by atoms with Gasteiger partial charge < -0.3 is 10.2 Å². The van der Waals surface area contributed by atoms with Crippen molar-refractivity contribution in [3.05, 3.63) is 57.8 Å². The molecule has 1 heterocycles. The summed E-state index contributed by atoms with van der Waals surface area (Å²) in [6, 6.07) is 12.9. The van der Waals surface area contributed by atoms with Crippen LogP contribution in [0.4, 0.5) is 0 Å². The van der Waals surface area contributed by atoms with Crippen molar-refractivity contribution >= 4 is 41.3 Å². The van der Waals surface area contributed by atoms with Gasteiger partial charge in [-0.3, -0.25) is 4.99 Å². The van der Waals surface area contributed by atoms with Crippen LogP contribution in [0.25, 0.3) is 0 Å². The average Bonchev–Trinajstić information content (AvgIpc) is 2.99. The van der Waals surface area contributed by atoms with Crippen LogP contribution in [-0.4, -0.2) is 31.5 Å². The molecule has 0 saturated heterocycles. The van der Waals surface area contributed by atoms with Gasteiger partial charge in [0.15, 0.2) is 5.96 Å². The van der Waals surface area contributed by atoms with Crippen LogP contribution in [0, 0.1) is 6.92 Å². The highest BCUT2D eigenvalue weighted by Gasteiger charge is 2.06. The summed E-state index contributed by atoms with van der Waals surface area (Å²) in [5, 5.41) is 5.54. The Morgan fingerprint density at radius 1 is 1.23 bits per heavy atom. The number of rotatable bonds is 5. The summed E-state index contributed by atoms with van der Waals surface area (Å²) in [4.78, 5) is 7.91. The summed E-state index contributed by atoms with van der Waals surface area (Å²) in [5.41, 5.74) is 2.59. The zero-order valence-corrected chi connectivity index (χ0v) is 16.5. The summed E-state index contributed by atoms with van der Waals surface area (Å²) >= 11 is 1.80. The Balaban J connectivity index is 0.00000242. The number of hydrogen-bond acceptors (Lipinski definition) is 2. The fourth-order valence-electron chi connectivity index (χ4n) is 2.18. The molecule has 0 atom stereocenters. The smallest absolute Gasteiger partial charge is 0.193 e. The molecule has 1 aromatic carbocycles. The molecule has 120 valence electrons. The van der Waals surface area contributed by atoms with Crippen molar-refractivity contribution in [1.29, 1.82) is 0 Å². The number of guanidine groups is 1. The van der Waals surface area contributed by atoms with Crippen molar-refractivity contribution in [1.82, 2.24) is 10.2 Å². The average molecular weight is 429 g/mol. The lowest BCUT2D eigenvalue weighted by Gasteiger charge is -2.22. The van der Waals surface area contributed by atoms with E-state index in [-0.39, 0.29) is 24.0 Å². The second-order valence-electron chi connectivity index (χ2n) is 5.15. The Kier molecular flexibility index (Phi) is 8.48. The molecule has 0 amide bonds. The number of nitrogens with one attached hydrogen (secondary N) is 1. The minimum Gasteiger partial charge on any atom is -0.356 e. The number of halogens is 1. The van der Waals surface area contributed by atoms with Gasteiger partial charge in [0.05, 0.1) is 0 Å². The highest BCUT2D eigenvalue weighted by Crippen LogP contribution is 2.09. The van der Waals surface area contributed by atoms with Gasteiger partial charge in [-0.2, -0.15) is 0 Å². The van der Waals surface area contributed by atoms with E-state index in [1.54, 1.807) is 11.3 Å². The zero-order valence-electron chi connectivity index (χ0n) is 13.4. The summed E-state index contributed by atoms with van der Waals surface area (Å²) in [5.74, 6) is 0.937. The Morgan fingerprint density at radius 2 is 1.95 bits per heavy atom. The molecule has 0 fully saturated rings. The maximum atomic E-state index is 4.36. The fourth-order valence-corrected chi connectivity index (χ4v) is 2.89. The van der Waals surface area contributed by atoms with Crippen LogP contribution in [0.15, 0.2) is 46.8 Å². The third kappa shape index (κ3) is 5.96. The van der Waals surface area contributed by atoms with Crippen LogP contribution >= 0.6 is 35.3 Å². The third-order valence-electron chi connectivity index (χ3n) is 3.35. The van der Waals surface area contributed by atoms with E-state index in [9.17, 15) is 0 Å². The second-order valence-corrected chi connectivity index (χ2v) is 6.18. The van der Waals surface area contributed by atoms with Crippen LogP contribution in [-0.2, 0) is 13.0 Å². The number of aryl methyl sites for hydroxylation is 1. The van der Waals surface area contributed by atoms with Gasteiger partial charge in [0.25, 0.3) is 0 Å². The molecular weight excluding hydrogens is 405 g/mol. The van der Waals surface area contributed by atoms with Gasteiger partial charge in [-0.1, -0.05) is 35.9 Å². The number of nitrogens with zero attached hydrogens (tertiary/aromatic N) is 2. The van der Waals surface area contributed by atoms with Crippen LogP contribution in [0.3, 0.4) is 0 Å². The number of aliphatic imine (C=N–C) groups is 1. The number of thiophene rings is 1. The van der Waals surface area contributed by atoms with E-state index in [0.29, 0.717) is 0 Å². The molecule has 0 spiro atoms. The fraction of sp³-hybridized carbons (Fsp3) is 0.353. The standard InChI is InChI=1S/C17H23N3S.HI/c1-14-6-8-15(9-7-14)13-20(3)17(18-2)19-11-10-16-5-4-12-21-16;/h4-9,12H,10-11,13H2,1-3H3,(H,18,19);1H. The van der Waals surface area contributed by atoms with Crippen LogP contribution in [0.1, 0.15) is 16.0 Å². The lowest BCUT2D eigenvalue weighted by atomic mass is 10.1. The Hall–Kier alpha value is -1.08. The first-order valence-electron chi connectivity index (χ1n) is 7.19. The molecule has 0 aliphatic rings. The summed E-state index contributed by atoms with van der Waals surface area (Å²) in [7, 11) is 3.90. The van der Waals surface area contributed by atoms with Crippen LogP contribution < -0.4 is 5.32 Å². The molecular formula is C17H24IN3S. The van der Waals surface area contributed by atoms with Gasteiger partial charge in [-0.25, -0.2) is 0 Å². The highest BCUT2D eigenvalue weighted by atomic mass is 127. The first-order chi connectivity index (χ1) is 10.2. The topological polar surface area (TPSA) is 27.6 Å². The maximum Gasteiger partial charge on any atom is 0.193 e. The Morgan fingerprint density at radius 3 is 2.55 bits per heavy atom. The van der Waals surface area contributed by atoms with Gasteiger partial charge >= 0.3 is 0 Å². The largest absolute Gasteiger partial charge is 0.356 e. The van der Waals surface area contributed by atoms with Crippen LogP contribution in [0.5, 0.6) is 0 Å². The predicted octanol–water partition coefficient (Wildman–Crippen LogP) is 3.92. The van der Waals surface area contributed by atoms with Crippen molar-refractivity contribution in [2.75, 3.05) is 20.6 Å². The van der Waals surface area contributed by atoms with Gasteiger partial charge in [-0.15, -0.1) is 35.3 Å². The van der Waals surface area contributed by atoms with E-state index in [1.165, 1.54) is 16.0 Å². The molecule has 0 radical (unpaired) electrons. The van der Waals surface area contributed by atoms with Gasteiger partial charge in [0, 0.05) is 32.1 Å². The molecule has 0 unspecified atom stereocenters. The van der Waals surface area contributed by atoms with E-state index in [2.05, 4.69) is 71.0 Å². The van der Waals surface area contributed by atoms with E-state index in [4.69, 9.17) is 0 Å². The number of benzene rings is 1. The first kappa shape index (κ1) is 19.0. The minimum absolute atomic E-state index is 0. The highest BCUT2D eigenvalue weighted by molar-refractivity contribution is 14.0. The van der Waals surface area contributed by atoms with Crippen molar-refractivity contribution in [3.8, 4) is 0 Å². The molecule has 0 aliphatic heterocycles. The molecule has 3 nitrogen and oxygen atoms in total. The lowest BCUT2D eigenvalue weighted by molar-refractivity contribution is 0.477. The number of hydrogen-bond donors (Lipinski definition) is 1. The van der Waals surface area contributed by atoms with E-state index >= 15 is 0 Å². The molecule has 1 N–H and O–H groups in total. The third-order valence-corrected chi connectivity index (χ3v) is 4.28. The normalized spacial score (nSPS) is 11.0. The van der Waals surface area contributed by atoms with Crippen molar-refractivity contribution in [2.45, 2.75) is 19.9 Å². The van der Waals surface area contributed by atoms with E-state index in [0.717, 1.165) is 25.5 Å². The van der Waals surface area contributed by atoms with Gasteiger partial charge in [-0.05, 0) is 30.4 Å². The summed E-state index contributed by atoms with van der Waals surface area (Å²) in [6.45, 7) is 3.88. The maximum absolute atomic E-state index is 4.36. The van der Waals surface area contributed by atoms with Crippen molar-refractivity contribution in [2.24, 2.45) is 4.99 Å². The zero-order chi connectivity index (χ0) is 15.1. The summed E-state index contributed by atoms with van der Waals surface area (Å²) < 4.78 is 0. The summed E-state index contributed by atoms with van der Waals surface area (Å²) in [6.07, 6.45) is 1.04. The quantitative estimate of drug-likeness (QED) is 0.443. The molecule has 0 bridgehead atoms. The second kappa shape index (κ2) is 9.84. The first-order valence-corrected chi connectivity index (χ1v) is 8.06. The molecule has 5 heteroatoms. The Bertz CT molecular complexity index is 564. The SMILES string of the molecule is CN=C(NCCc1cccs1)N(C)Cc1ccc(C)cc1.I. The molecule has 2 aromatic rings. The molecule has 22 heavy (non-hydrogen) atoms. The van der Waals surface area contributed by atoms with Crippen LogP contribution in [0.2, 0.25) is 0 Å². The molecule has 0 aliphatic carbocycles.